The molecule has 0 nitrogen and oxygen atoms in total. The quantitative estimate of drug-likeness (QED) is 0.600. The molecular weight excluding hydrogens is 155 g/mol. The first-order valence-corrected chi connectivity index (χ1v) is 5.14. The highest BCUT2D eigenvalue weighted by Gasteiger charge is 2.05. The van der Waals surface area contributed by atoms with Gasteiger partial charge in [0.15, 0.2) is 0 Å². The maximum Gasteiger partial charge on any atom is 0.140 e. The Morgan fingerprint density at radius 2 is 1.77 bits per heavy atom. The van der Waals surface area contributed by atoms with Gasteiger partial charge in [0.1, 0.15) is 7.85 Å². The summed E-state index contributed by atoms with van der Waals surface area (Å²) >= 11 is 0. The summed E-state index contributed by atoms with van der Waals surface area (Å²) in [7, 11) is 2.23. The molecule has 70 valence electrons. The Balaban J connectivity index is 3.24. The third-order valence-electron chi connectivity index (χ3n) is 3.11. The van der Waals surface area contributed by atoms with E-state index in [-0.39, 0.29) is 0 Å². The zero-order valence-corrected chi connectivity index (χ0v) is 9.49. The topological polar surface area (TPSA) is 0 Å². The summed E-state index contributed by atoms with van der Waals surface area (Å²) < 4.78 is 0. The first kappa shape index (κ1) is 10.4. The van der Waals surface area contributed by atoms with Gasteiger partial charge in [0, 0.05) is 0 Å². The van der Waals surface area contributed by atoms with E-state index in [0.29, 0.717) is 0 Å². The second kappa shape index (κ2) is 4.00. The number of hydrogen-bond acceptors (Lipinski definition) is 0. The first-order chi connectivity index (χ1) is 6.07. The summed E-state index contributed by atoms with van der Waals surface area (Å²) in [5.74, 6) is 0. The summed E-state index contributed by atoms with van der Waals surface area (Å²) in [4.78, 5) is 0. The third kappa shape index (κ3) is 1.96. The molecule has 0 aliphatic heterocycles. The lowest BCUT2D eigenvalue weighted by molar-refractivity contribution is 0.911. The molecule has 0 aliphatic carbocycles. The number of benzene rings is 1. The molecule has 1 aromatic rings. The van der Waals surface area contributed by atoms with Gasteiger partial charge in [-0.2, -0.15) is 0 Å². The van der Waals surface area contributed by atoms with E-state index < -0.39 is 0 Å². The van der Waals surface area contributed by atoms with Crippen molar-refractivity contribution in [3.05, 3.63) is 28.3 Å². The Morgan fingerprint density at radius 3 is 2.31 bits per heavy atom. The van der Waals surface area contributed by atoms with Crippen LogP contribution in [0.5, 0.6) is 0 Å². The fraction of sp³-hybridized carbons (Fsp3) is 0.500. The van der Waals surface area contributed by atoms with Crippen molar-refractivity contribution in [2.75, 3.05) is 0 Å². The molecule has 0 atom stereocenters. The van der Waals surface area contributed by atoms with Crippen molar-refractivity contribution in [1.29, 1.82) is 0 Å². The normalized spacial score (nSPS) is 10.5. The van der Waals surface area contributed by atoms with Crippen LogP contribution in [0.4, 0.5) is 0 Å². The zero-order valence-electron chi connectivity index (χ0n) is 9.49. The molecule has 0 saturated carbocycles. The van der Waals surface area contributed by atoms with Crippen LogP contribution in [0.3, 0.4) is 0 Å². The van der Waals surface area contributed by atoms with Crippen LogP contribution >= 0.6 is 0 Å². The molecule has 0 spiro atoms. The Kier molecular flexibility index (Phi) is 3.19. The lowest BCUT2D eigenvalue weighted by Gasteiger charge is -2.13. The molecule has 0 saturated heterocycles. The van der Waals surface area contributed by atoms with E-state index in [4.69, 9.17) is 0 Å². The highest BCUT2D eigenvalue weighted by Crippen LogP contribution is 2.14. The van der Waals surface area contributed by atoms with Crippen LogP contribution in [0.25, 0.3) is 0 Å². The molecule has 1 aromatic carbocycles. The van der Waals surface area contributed by atoms with Crippen molar-refractivity contribution < 1.29 is 0 Å². The van der Waals surface area contributed by atoms with E-state index in [2.05, 4.69) is 41.6 Å². The zero-order chi connectivity index (χ0) is 10.0. The summed E-state index contributed by atoms with van der Waals surface area (Å²) in [5, 5.41) is 0. The summed E-state index contributed by atoms with van der Waals surface area (Å²) in [6, 6.07) is 2.35. The molecule has 0 aromatic heterocycles. The Hall–Kier alpha value is -0.715. The number of rotatable bonds is 2. The standard InChI is InChI=1S/C12H19B/c1-5-6-11-7-8(2)9(3)12(13)10(11)4/h7H,5-6,13H2,1-4H3. The van der Waals surface area contributed by atoms with Crippen LogP contribution in [-0.2, 0) is 6.42 Å². The smallest absolute Gasteiger partial charge is 0.0827 e. The SMILES string of the molecule is Bc1c(C)c(C)cc(CCC)c1C. The minimum Gasteiger partial charge on any atom is -0.0827 e. The summed E-state index contributed by atoms with van der Waals surface area (Å²) in [6.45, 7) is 8.91. The van der Waals surface area contributed by atoms with E-state index in [9.17, 15) is 0 Å². The van der Waals surface area contributed by atoms with Gasteiger partial charge < -0.3 is 0 Å². The molecule has 0 N–H and O–H groups in total. The van der Waals surface area contributed by atoms with Crippen molar-refractivity contribution in [2.45, 2.75) is 40.5 Å². The molecule has 0 unspecified atom stereocenters. The van der Waals surface area contributed by atoms with E-state index in [0.717, 1.165) is 0 Å². The van der Waals surface area contributed by atoms with Gasteiger partial charge in [0.2, 0.25) is 0 Å². The monoisotopic (exact) mass is 174 g/mol. The molecule has 0 bridgehead atoms. The van der Waals surface area contributed by atoms with Gasteiger partial charge in [-0.05, 0) is 38.3 Å². The number of hydrogen-bond donors (Lipinski definition) is 0. The molecular formula is C12H19B. The maximum atomic E-state index is 2.35. The van der Waals surface area contributed by atoms with E-state index >= 15 is 0 Å². The van der Waals surface area contributed by atoms with Crippen molar-refractivity contribution in [3.63, 3.8) is 0 Å². The Labute approximate surface area is 82.8 Å². The summed E-state index contributed by atoms with van der Waals surface area (Å²) in [6.07, 6.45) is 2.45. The predicted molar refractivity (Wildman–Crippen MR) is 62.8 cm³/mol. The van der Waals surface area contributed by atoms with Gasteiger partial charge in [0.05, 0.1) is 0 Å². The largest absolute Gasteiger partial charge is 0.140 e. The fourth-order valence-corrected chi connectivity index (χ4v) is 1.82. The van der Waals surface area contributed by atoms with Crippen molar-refractivity contribution >= 4 is 13.3 Å². The van der Waals surface area contributed by atoms with Crippen LogP contribution in [0.15, 0.2) is 6.07 Å². The summed E-state index contributed by atoms with van der Waals surface area (Å²) in [5.41, 5.74) is 7.39. The Morgan fingerprint density at radius 1 is 1.15 bits per heavy atom. The van der Waals surface area contributed by atoms with E-state index in [1.165, 1.54) is 40.6 Å². The van der Waals surface area contributed by atoms with E-state index in [1.807, 2.05) is 0 Å². The molecule has 0 heterocycles. The van der Waals surface area contributed by atoms with Crippen LogP contribution in [0.1, 0.15) is 35.6 Å². The molecule has 1 heteroatoms. The molecule has 1 rings (SSSR count). The average Bonchev–Trinajstić information content (AvgIpc) is 2.11. The minimum atomic E-state index is 1.22. The molecule has 0 fully saturated rings. The van der Waals surface area contributed by atoms with Gasteiger partial charge in [-0.25, -0.2) is 0 Å². The first-order valence-electron chi connectivity index (χ1n) is 5.14. The fourth-order valence-electron chi connectivity index (χ4n) is 1.82. The molecule has 0 aliphatic rings. The average molecular weight is 174 g/mol. The predicted octanol–water partition coefficient (Wildman–Crippen LogP) is 1.82. The second-order valence-electron chi connectivity index (χ2n) is 3.98. The minimum absolute atomic E-state index is 1.22. The molecule has 13 heavy (non-hydrogen) atoms. The Bertz CT molecular complexity index is 313. The van der Waals surface area contributed by atoms with Crippen molar-refractivity contribution in [2.24, 2.45) is 0 Å². The van der Waals surface area contributed by atoms with Crippen LogP contribution < -0.4 is 5.46 Å². The number of aryl methyl sites for hydroxylation is 2. The van der Waals surface area contributed by atoms with Gasteiger partial charge in [-0.3, -0.25) is 0 Å². The van der Waals surface area contributed by atoms with Gasteiger partial charge >= 0.3 is 0 Å². The molecule has 0 radical (unpaired) electrons. The van der Waals surface area contributed by atoms with Gasteiger partial charge in [-0.1, -0.05) is 36.0 Å². The maximum absolute atomic E-state index is 2.35. The van der Waals surface area contributed by atoms with Crippen LogP contribution in [0, 0.1) is 20.8 Å². The van der Waals surface area contributed by atoms with Crippen LogP contribution in [0.2, 0.25) is 0 Å². The van der Waals surface area contributed by atoms with Gasteiger partial charge in [0.25, 0.3) is 0 Å². The third-order valence-corrected chi connectivity index (χ3v) is 3.11. The van der Waals surface area contributed by atoms with Crippen molar-refractivity contribution in [3.8, 4) is 0 Å². The van der Waals surface area contributed by atoms with Crippen molar-refractivity contribution in [1.82, 2.24) is 0 Å². The van der Waals surface area contributed by atoms with Gasteiger partial charge in [-0.15, -0.1) is 0 Å². The van der Waals surface area contributed by atoms with E-state index in [1.54, 1.807) is 0 Å². The highest BCUT2D eigenvalue weighted by molar-refractivity contribution is 6.34. The lowest BCUT2D eigenvalue weighted by Crippen LogP contribution is -2.15. The highest BCUT2D eigenvalue weighted by atomic mass is 14.1. The van der Waals surface area contributed by atoms with Crippen LogP contribution in [-0.4, -0.2) is 7.85 Å². The lowest BCUT2D eigenvalue weighted by atomic mass is 9.81. The molecule has 0 amide bonds. The second-order valence-corrected chi connectivity index (χ2v) is 3.98.